The molecule has 0 aliphatic rings. The van der Waals surface area contributed by atoms with Gasteiger partial charge in [0, 0.05) is 20.7 Å². The number of rotatable bonds is 8. The molecule has 1 aromatic heterocycles. The van der Waals surface area contributed by atoms with Crippen LogP contribution in [0.3, 0.4) is 0 Å². The largest absolute Gasteiger partial charge is 0.382 e. The fraction of sp³-hybridized carbons (Fsp3) is 0.667. The van der Waals surface area contributed by atoms with Gasteiger partial charge in [0.1, 0.15) is 0 Å². The lowest BCUT2D eigenvalue weighted by atomic mass is 10.6. The molecule has 1 heterocycles. The van der Waals surface area contributed by atoms with Crippen LogP contribution in [0.2, 0.25) is 5.28 Å². The van der Waals surface area contributed by atoms with Crippen LogP contribution >= 0.6 is 11.6 Å². The third-order valence-electron chi connectivity index (χ3n) is 1.79. The molecule has 0 aliphatic heterocycles. The number of hydrogen-bond donors (Lipinski definition) is 2. The van der Waals surface area contributed by atoms with Gasteiger partial charge in [-0.05, 0) is 11.6 Å². The molecule has 7 nitrogen and oxygen atoms in total. The van der Waals surface area contributed by atoms with E-state index in [1.807, 2.05) is 0 Å². The van der Waals surface area contributed by atoms with Gasteiger partial charge in [-0.1, -0.05) is 0 Å². The minimum absolute atomic E-state index is 0.146. The van der Waals surface area contributed by atoms with Crippen molar-refractivity contribution in [3.8, 4) is 0 Å². The summed E-state index contributed by atoms with van der Waals surface area (Å²) < 4.78 is 10.1. The average Bonchev–Trinajstić information content (AvgIpc) is 2.33. The zero-order chi connectivity index (χ0) is 12.5. The third kappa shape index (κ3) is 5.62. The minimum atomic E-state index is 0.146. The van der Waals surface area contributed by atoms with Crippen molar-refractivity contribution in [1.82, 2.24) is 15.0 Å². The molecule has 17 heavy (non-hydrogen) atoms. The lowest BCUT2D eigenvalue weighted by Crippen LogP contribution is -2.14. The standard InChI is InChI=1S/C9H16ClN5O2/c1-11-8-13-7(10)14-9(15-8)12-3-4-17-6-5-16-2/h3-6H2,1-2H3,(H2,11,12,13,14,15). The van der Waals surface area contributed by atoms with Gasteiger partial charge in [-0.15, -0.1) is 0 Å². The van der Waals surface area contributed by atoms with Crippen molar-refractivity contribution in [2.75, 3.05) is 51.2 Å². The predicted octanol–water partition coefficient (Wildman–Crippen LogP) is 0.642. The highest BCUT2D eigenvalue weighted by atomic mass is 35.5. The minimum Gasteiger partial charge on any atom is -0.382 e. The summed E-state index contributed by atoms with van der Waals surface area (Å²) in [6.45, 7) is 2.29. The zero-order valence-electron chi connectivity index (χ0n) is 9.86. The highest BCUT2D eigenvalue weighted by molar-refractivity contribution is 6.28. The van der Waals surface area contributed by atoms with Gasteiger partial charge in [0.05, 0.1) is 19.8 Å². The van der Waals surface area contributed by atoms with Crippen LogP contribution in [0.5, 0.6) is 0 Å². The Morgan fingerprint density at radius 2 is 1.88 bits per heavy atom. The van der Waals surface area contributed by atoms with Crippen molar-refractivity contribution in [3.63, 3.8) is 0 Å². The predicted molar refractivity (Wildman–Crippen MR) is 65.6 cm³/mol. The highest BCUT2D eigenvalue weighted by Gasteiger charge is 2.02. The van der Waals surface area contributed by atoms with E-state index in [1.54, 1.807) is 14.2 Å². The molecule has 1 aromatic rings. The Morgan fingerprint density at radius 3 is 2.59 bits per heavy atom. The van der Waals surface area contributed by atoms with Gasteiger partial charge in [-0.2, -0.15) is 15.0 Å². The van der Waals surface area contributed by atoms with Gasteiger partial charge < -0.3 is 20.1 Å². The average molecular weight is 262 g/mol. The Balaban J connectivity index is 2.28. The van der Waals surface area contributed by atoms with Crippen LogP contribution in [-0.2, 0) is 9.47 Å². The van der Waals surface area contributed by atoms with E-state index >= 15 is 0 Å². The Hall–Kier alpha value is -1.18. The second-order valence-corrected chi connectivity index (χ2v) is 3.37. The second kappa shape index (κ2) is 7.99. The molecule has 0 amide bonds. The number of nitrogens with zero attached hydrogens (tertiary/aromatic N) is 3. The number of hydrogen-bond acceptors (Lipinski definition) is 7. The van der Waals surface area contributed by atoms with E-state index in [1.165, 1.54) is 0 Å². The van der Waals surface area contributed by atoms with Crippen LogP contribution in [0.1, 0.15) is 0 Å². The fourth-order valence-electron chi connectivity index (χ4n) is 1.02. The number of methoxy groups -OCH3 is 1. The van der Waals surface area contributed by atoms with E-state index < -0.39 is 0 Å². The van der Waals surface area contributed by atoms with Crippen molar-refractivity contribution in [3.05, 3.63) is 5.28 Å². The Kier molecular flexibility index (Phi) is 6.53. The molecule has 0 spiro atoms. The molecule has 0 saturated carbocycles. The highest BCUT2D eigenvalue weighted by Crippen LogP contribution is 2.08. The van der Waals surface area contributed by atoms with Crippen molar-refractivity contribution >= 4 is 23.5 Å². The molecule has 8 heteroatoms. The van der Waals surface area contributed by atoms with Crippen LogP contribution in [0, 0.1) is 0 Å². The smallest absolute Gasteiger partial charge is 0.228 e. The molecule has 0 unspecified atom stereocenters. The number of anilines is 2. The van der Waals surface area contributed by atoms with Gasteiger partial charge in [0.2, 0.25) is 17.2 Å². The molecule has 96 valence electrons. The van der Waals surface area contributed by atoms with E-state index in [4.69, 9.17) is 21.1 Å². The Labute approximate surface area is 105 Å². The summed E-state index contributed by atoms with van der Waals surface area (Å²) in [5, 5.41) is 5.92. The normalized spacial score (nSPS) is 10.3. The molecular formula is C9H16ClN5O2. The zero-order valence-corrected chi connectivity index (χ0v) is 10.6. The van der Waals surface area contributed by atoms with Gasteiger partial charge >= 0.3 is 0 Å². The third-order valence-corrected chi connectivity index (χ3v) is 1.96. The maximum atomic E-state index is 5.72. The monoisotopic (exact) mass is 261 g/mol. The van der Waals surface area contributed by atoms with Crippen LogP contribution in [0.4, 0.5) is 11.9 Å². The van der Waals surface area contributed by atoms with Crippen LogP contribution in [0.15, 0.2) is 0 Å². The van der Waals surface area contributed by atoms with E-state index in [9.17, 15) is 0 Å². The molecular weight excluding hydrogens is 246 g/mol. The maximum absolute atomic E-state index is 5.72. The summed E-state index contributed by atoms with van der Waals surface area (Å²) in [4.78, 5) is 11.9. The Bertz CT molecular complexity index is 339. The summed E-state index contributed by atoms with van der Waals surface area (Å²) >= 11 is 5.72. The summed E-state index contributed by atoms with van der Waals surface area (Å²) in [6, 6.07) is 0. The maximum Gasteiger partial charge on any atom is 0.228 e. The molecule has 2 N–H and O–H groups in total. The molecule has 0 aliphatic carbocycles. The van der Waals surface area contributed by atoms with Crippen LogP contribution in [0.25, 0.3) is 0 Å². The van der Waals surface area contributed by atoms with E-state index in [2.05, 4.69) is 25.6 Å². The molecule has 0 fully saturated rings. The van der Waals surface area contributed by atoms with Crippen molar-refractivity contribution < 1.29 is 9.47 Å². The summed E-state index contributed by atoms with van der Waals surface area (Å²) in [6.07, 6.45) is 0. The first kappa shape index (κ1) is 13.9. The first-order chi connectivity index (χ1) is 8.26. The molecule has 1 rings (SSSR count). The lowest BCUT2D eigenvalue weighted by Gasteiger charge is -2.07. The van der Waals surface area contributed by atoms with Gasteiger partial charge in [0.15, 0.2) is 0 Å². The molecule has 0 bridgehead atoms. The Morgan fingerprint density at radius 1 is 1.12 bits per heavy atom. The van der Waals surface area contributed by atoms with Crippen molar-refractivity contribution in [2.24, 2.45) is 0 Å². The number of nitrogens with one attached hydrogen (secondary N) is 2. The number of ether oxygens (including phenoxy) is 2. The molecule has 0 atom stereocenters. The second-order valence-electron chi connectivity index (χ2n) is 3.03. The first-order valence-electron chi connectivity index (χ1n) is 5.16. The van der Waals surface area contributed by atoms with Gasteiger partial charge in [-0.3, -0.25) is 0 Å². The quantitative estimate of drug-likeness (QED) is 0.665. The topological polar surface area (TPSA) is 81.2 Å². The SMILES string of the molecule is CNc1nc(Cl)nc(NCCOCCOC)n1. The fourth-order valence-corrected chi connectivity index (χ4v) is 1.18. The summed E-state index contributed by atoms with van der Waals surface area (Å²) in [7, 11) is 3.34. The van der Waals surface area contributed by atoms with E-state index in [0.717, 1.165) is 0 Å². The summed E-state index contributed by atoms with van der Waals surface area (Å²) in [5.41, 5.74) is 0. The van der Waals surface area contributed by atoms with Crippen molar-refractivity contribution in [1.29, 1.82) is 0 Å². The van der Waals surface area contributed by atoms with Gasteiger partial charge in [0.25, 0.3) is 0 Å². The van der Waals surface area contributed by atoms with Crippen LogP contribution < -0.4 is 10.6 Å². The van der Waals surface area contributed by atoms with Gasteiger partial charge in [-0.25, -0.2) is 0 Å². The number of aromatic nitrogens is 3. The summed E-state index contributed by atoms with van der Waals surface area (Å²) in [5.74, 6) is 0.845. The lowest BCUT2D eigenvalue weighted by molar-refractivity contribution is 0.0759. The molecule has 0 radical (unpaired) electrons. The van der Waals surface area contributed by atoms with E-state index in [0.29, 0.717) is 38.3 Å². The molecule has 0 aromatic carbocycles. The van der Waals surface area contributed by atoms with Crippen molar-refractivity contribution in [2.45, 2.75) is 0 Å². The first-order valence-corrected chi connectivity index (χ1v) is 5.54. The number of halogens is 1. The molecule has 0 saturated heterocycles. The van der Waals surface area contributed by atoms with E-state index in [-0.39, 0.29) is 5.28 Å². The van der Waals surface area contributed by atoms with Crippen LogP contribution in [-0.4, -0.2) is 55.5 Å².